The van der Waals surface area contributed by atoms with Crippen molar-refractivity contribution in [1.29, 1.82) is 0 Å². The molecule has 0 spiro atoms. The average Bonchev–Trinajstić information content (AvgIpc) is 2.77. The van der Waals surface area contributed by atoms with Gasteiger partial charge in [0.1, 0.15) is 0 Å². The van der Waals surface area contributed by atoms with Crippen molar-refractivity contribution in [2.24, 2.45) is 0 Å². The monoisotopic (exact) mass is 387 g/mol. The van der Waals surface area contributed by atoms with Gasteiger partial charge in [-0.15, -0.1) is 0 Å². The second kappa shape index (κ2) is 8.73. The van der Waals surface area contributed by atoms with Crippen LogP contribution in [-0.4, -0.2) is 29.0 Å². The Labute approximate surface area is 171 Å². The van der Waals surface area contributed by atoms with E-state index in [1.165, 1.54) is 37.3 Å². The molecule has 1 aromatic heterocycles. The Bertz CT molecular complexity index is 963. The van der Waals surface area contributed by atoms with E-state index in [4.69, 9.17) is 0 Å². The number of para-hydroxylation sites is 1. The molecule has 6 nitrogen and oxygen atoms in total. The van der Waals surface area contributed by atoms with Crippen LogP contribution in [0.5, 0.6) is 0 Å². The highest BCUT2D eigenvalue weighted by Gasteiger charge is 2.12. The topological polar surface area (TPSA) is 70.2 Å². The fourth-order valence-corrected chi connectivity index (χ4v) is 3.45. The summed E-state index contributed by atoms with van der Waals surface area (Å²) in [6, 6.07) is 15.9. The number of amides is 1. The van der Waals surface area contributed by atoms with E-state index in [-0.39, 0.29) is 5.91 Å². The Morgan fingerprint density at radius 1 is 0.931 bits per heavy atom. The number of nitrogens with zero attached hydrogens (tertiary/aromatic N) is 3. The molecular formula is C23H25N5O. The number of benzene rings is 2. The summed E-state index contributed by atoms with van der Waals surface area (Å²) in [5, 5.41) is 6.08. The van der Waals surface area contributed by atoms with Gasteiger partial charge in [0.2, 0.25) is 5.95 Å². The minimum absolute atomic E-state index is 0.224. The summed E-state index contributed by atoms with van der Waals surface area (Å²) in [4.78, 5) is 23.4. The van der Waals surface area contributed by atoms with Crippen LogP contribution in [0.4, 0.5) is 23.0 Å². The number of carbonyl (C=O) groups is 1. The van der Waals surface area contributed by atoms with Crippen LogP contribution in [0.15, 0.2) is 60.9 Å². The number of anilines is 4. The first-order valence-corrected chi connectivity index (χ1v) is 10.00. The molecule has 4 rings (SSSR count). The Balaban J connectivity index is 1.37. The lowest BCUT2D eigenvalue weighted by Gasteiger charge is -2.28. The zero-order chi connectivity index (χ0) is 20.1. The second-order valence-electron chi connectivity index (χ2n) is 7.28. The standard InChI is InChI=1S/C23H25N5O/c1-17-7-3-4-8-21(17)27-23-24-15-18(16-25-23)22(29)26-19-9-11-20(12-10-19)28-13-5-2-6-14-28/h3-4,7-12,15-16H,2,5-6,13-14H2,1H3,(H,26,29)(H,24,25,27). The molecule has 2 heterocycles. The number of hydrogen-bond donors (Lipinski definition) is 2. The zero-order valence-corrected chi connectivity index (χ0v) is 16.6. The minimum Gasteiger partial charge on any atom is -0.372 e. The molecule has 0 atom stereocenters. The highest BCUT2D eigenvalue weighted by atomic mass is 16.1. The van der Waals surface area contributed by atoms with E-state index in [0.717, 1.165) is 30.0 Å². The maximum Gasteiger partial charge on any atom is 0.258 e. The highest BCUT2D eigenvalue weighted by molar-refractivity contribution is 6.04. The van der Waals surface area contributed by atoms with Crippen molar-refractivity contribution in [2.45, 2.75) is 26.2 Å². The number of carbonyl (C=O) groups excluding carboxylic acids is 1. The third kappa shape index (κ3) is 4.71. The Morgan fingerprint density at radius 2 is 1.62 bits per heavy atom. The minimum atomic E-state index is -0.224. The molecule has 0 unspecified atom stereocenters. The lowest BCUT2D eigenvalue weighted by molar-refractivity contribution is 0.102. The summed E-state index contributed by atoms with van der Waals surface area (Å²) in [7, 11) is 0. The van der Waals surface area contributed by atoms with Crippen molar-refractivity contribution < 1.29 is 4.79 Å². The van der Waals surface area contributed by atoms with E-state index in [1.54, 1.807) is 0 Å². The van der Waals surface area contributed by atoms with E-state index in [9.17, 15) is 4.79 Å². The fraction of sp³-hybridized carbons (Fsp3) is 0.261. The van der Waals surface area contributed by atoms with Crippen molar-refractivity contribution in [3.63, 3.8) is 0 Å². The van der Waals surface area contributed by atoms with E-state index >= 15 is 0 Å². The van der Waals surface area contributed by atoms with Crippen molar-refractivity contribution in [3.05, 3.63) is 72.1 Å². The molecule has 2 N–H and O–H groups in total. The molecule has 1 aliphatic heterocycles. The summed E-state index contributed by atoms with van der Waals surface area (Å²) < 4.78 is 0. The second-order valence-corrected chi connectivity index (χ2v) is 7.28. The molecule has 148 valence electrons. The van der Waals surface area contributed by atoms with E-state index in [2.05, 4.69) is 37.6 Å². The summed E-state index contributed by atoms with van der Waals surface area (Å²) in [6.07, 6.45) is 6.86. The van der Waals surface area contributed by atoms with E-state index < -0.39 is 0 Å². The molecule has 1 fully saturated rings. The van der Waals surface area contributed by atoms with Gasteiger partial charge in [0, 0.05) is 42.5 Å². The van der Waals surface area contributed by atoms with Gasteiger partial charge in [0.15, 0.2) is 0 Å². The number of rotatable bonds is 5. The first kappa shape index (κ1) is 18.9. The molecular weight excluding hydrogens is 362 g/mol. The zero-order valence-electron chi connectivity index (χ0n) is 16.6. The number of aryl methyl sites for hydroxylation is 1. The van der Waals surface area contributed by atoms with Crippen LogP contribution >= 0.6 is 0 Å². The van der Waals surface area contributed by atoms with Gasteiger partial charge >= 0.3 is 0 Å². The number of nitrogens with one attached hydrogen (secondary N) is 2. The highest BCUT2D eigenvalue weighted by Crippen LogP contribution is 2.22. The van der Waals surface area contributed by atoms with Gasteiger partial charge in [-0.05, 0) is 62.1 Å². The third-order valence-corrected chi connectivity index (χ3v) is 5.15. The summed E-state index contributed by atoms with van der Waals surface area (Å²) in [5.41, 5.74) is 4.43. The Kier molecular flexibility index (Phi) is 5.70. The molecule has 0 saturated carbocycles. The SMILES string of the molecule is Cc1ccccc1Nc1ncc(C(=O)Nc2ccc(N3CCCCC3)cc2)cn1. The van der Waals surface area contributed by atoms with Crippen molar-refractivity contribution in [3.8, 4) is 0 Å². The van der Waals surface area contributed by atoms with Crippen LogP contribution in [0.2, 0.25) is 0 Å². The molecule has 0 aliphatic carbocycles. The fourth-order valence-electron chi connectivity index (χ4n) is 3.45. The maximum absolute atomic E-state index is 12.5. The van der Waals surface area contributed by atoms with Crippen molar-refractivity contribution in [1.82, 2.24) is 9.97 Å². The van der Waals surface area contributed by atoms with Gasteiger partial charge in [-0.3, -0.25) is 4.79 Å². The van der Waals surface area contributed by atoms with Crippen LogP contribution in [0.1, 0.15) is 35.2 Å². The molecule has 1 aliphatic rings. The van der Waals surface area contributed by atoms with Gasteiger partial charge in [-0.2, -0.15) is 0 Å². The molecule has 3 aromatic rings. The first-order chi connectivity index (χ1) is 14.2. The van der Waals surface area contributed by atoms with E-state index in [1.807, 2.05) is 43.3 Å². The molecule has 0 radical (unpaired) electrons. The third-order valence-electron chi connectivity index (χ3n) is 5.15. The van der Waals surface area contributed by atoms with E-state index in [0.29, 0.717) is 11.5 Å². The average molecular weight is 387 g/mol. The van der Waals surface area contributed by atoms with Crippen LogP contribution < -0.4 is 15.5 Å². The van der Waals surface area contributed by atoms with Gasteiger partial charge in [-0.25, -0.2) is 9.97 Å². The van der Waals surface area contributed by atoms with Crippen molar-refractivity contribution in [2.75, 3.05) is 28.6 Å². The first-order valence-electron chi connectivity index (χ1n) is 10.00. The predicted molar refractivity (Wildman–Crippen MR) is 117 cm³/mol. The van der Waals surface area contributed by atoms with Crippen LogP contribution in [0.3, 0.4) is 0 Å². The largest absolute Gasteiger partial charge is 0.372 e. The molecule has 1 saturated heterocycles. The lowest BCUT2D eigenvalue weighted by atomic mass is 10.1. The molecule has 1 amide bonds. The molecule has 2 aromatic carbocycles. The smallest absolute Gasteiger partial charge is 0.258 e. The van der Waals surface area contributed by atoms with Gasteiger partial charge in [-0.1, -0.05) is 18.2 Å². The lowest BCUT2D eigenvalue weighted by Crippen LogP contribution is -2.29. The molecule has 6 heteroatoms. The van der Waals surface area contributed by atoms with Gasteiger partial charge < -0.3 is 15.5 Å². The van der Waals surface area contributed by atoms with Crippen molar-refractivity contribution >= 4 is 28.9 Å². The van der Waals surface area contributed by atoms with Gasteiger partial charge in [0.25, 0.3) is 5.91 Å². The maximum atomic E-state index is 12.5. The number of aromatic nitrogens is 2. The number of piperidine rings is 1. The number of hydrogen-bond acceptors (Lipinski definition) is 5. The summed E-state index contributed by atoms with van der Waals surface area (Å²) in [6.45, 7) is 4.22. The van der Waals surface area contributed by atoms with Crippen LogP contribution in [-0.2, 0) is 0 Å². The predicted octanol–water partition coefficient (Wildman–Crippen LogP) is 4.77. The molecule has 29 heavy (non-hydrogen) atoms. The summed E-state index contributed by atoms with van der Waals surface area (Å²) >= 11 is 0. The summed E-state index contributed by atoms with van der Waals surface area (Å²) in [5.74, 6) is 0.236. The van der Waals surface area contributed by atoms with Gasteiger partial charge in [0.05, 0.1) is 5.56 Å². The molecule has 0 bridgehead atoms. The Hall–Kier alpha value is -3.41. The van der Waals surface area contributed by atoms with Crippen LogP contribution in [0.25, 0.3) is 0 Å². The normalized spacial score (nSPS) is 13.8. The van der Waals surface area contributed by atoms with Crippen LogP contribution in [0, 0.1) is 6.92 Å². The Morgan fingerprint density at radius 3 is 2.31 bits per heavy atom. The quantitative estimate of drug-likeness (QED) is 0.660.